The summed E-state index contributed by atoms with van der Waals surface area (Å²) in [5, 5.41) is 5.05. The zero-order valence-electron chi connectivity index (χ0n) is 17.8. The number of piperidine rings is 1. The third-order valence-electron chi connectivity index (χ3n) is 5.55. The fourth-order valence-corrected chi connectivity index (χ4v) is 4.32. The van der Waals surface area contributed by atoms with Gasteiger partial charge >= 0.3 is 0 Å². The minimum absolute atomic E-state index is 0.235. The first kappa shape index (κ1) is 22.6. The molecule has 1 fully saturated rings. The van der Waals surface area contributed by atoms with E-state index in [1.54, 1.807) is 0 Å². The molecule has 29 heavy (non-hydrogen) atoms. The summed E-state index contributed by atoms with van der Waals surface area (Å²) < 4.78 is 0. The van der Waals surface area contributed by atoms with Crippen molar-refractivity contribution >= 4 is 23.2 Å². The Balaban J connectivity index is 1.73. The molecular formula is C24H33Cl2N3. The number of nitrogens with zero attached hydrogens (tertiary/aromatic N) is 2. The average molecular weight is 434 g/mol. The molecule has 1 aromatic carbocycles. The van der Waals surface area contributed by atoms with Gasteiger partial charge in [-0.1, -0.05) is 62.5 Å². The summed E-state index contributed by atoms with van der Waals surface area (Å²) in [6.45, 7) is 9.81. The van der Waals surface area contributed by atoms with Gasteiger partial charge in [-0.25, -0.2) is 0 Å². The largest absolute Gasteiger partial charge is 0.308 e. The van der Waals surface area contributed by atoms with Gasteiger partial charge in [-0.3, -0.25) is 9.88 Å². The van der Waals surface area contributed by atoms with Crippen LogP contribution < -0.4 is 5.32 Å². The van der Waals surface area contributed by atoms with Crippen LogP contribution in [-0.2, 0) is 6.54 Å². The molecule has 0 amide bonds. The van der Waals surface area contributed by atoms with E-state index in [0.717, 1.165) is 31.7 Å². The van der Waals surface area contributed by atoms with Gasteiger partial charge in [0.05, 0.1) is 21.8 Å². The van der Waals surface area contributed by atoms with Crippen molar-refractivity contribution < 1.29 is 0 Å². The molecule has 0 saturated carbocycles. The van der Waals surface area contributed by atoms with E-state index in [1.165, 1.54) is 24.8 Å². The van der Waals surface area contributed by atoms with Crippen molar-refractivity contribution in [1.82, 2.24) is 15.2 Å². The Morgan fingerprint density at radius 3 is 2.66 bits per heavy atom. The lowest BCUT2D eigenvalue weighted by Crippen LogP contribution is -2.42. The third-order valence-corrected chi connectivity index (χ3v) is 6.29. The number of nitrogens with one attached hydrogen (secondary N) is 1. The molecule has 0 radical (unpaired) electrons. The van der Waals surface area contributed by atoms with E-state index in [4.69, 9.17) is 23.2 Å². The number of hydrogen-bond donors (Lipinski definition) is 1. The Hall–Kier alpha value is -1.13. The SMILES string of the molecule is CC(C)(C)CN[C@H](C[C@@H]1CCCCN1Cc1ccc(Cl)c(Cl)c1)c1ccccn1. The number of hydrogen-bond acceptors (Lipinski definition) is 3. The lowest BCUT2D eigenvalue weighted by Gasteiger charge is -2.38. The summed E-state index contributed by atoms with van der Waals surface area (Å²) in [4.78, 5) is 7.27. The fourth-order valence-electron chi connectivity index (χ4n) is 4.00. The smallest absolute Gasteiger partial charge is 0.0595 e. The van der Waals surface area contributed by atoms with E-state index in [9.17, 15) is 0 Å². The van der Waals surface area contributed by atoms with Gasteiger partial charge < -0.3 is 5.32 Å². The molecule has 0 unspecified atom stereocenters. The minimum Gasteiger partial charge on any atom is -0.308 e. The van der Waals surface area contributed by atoms with Gasteiger partial charge in [0, 0.05) is 25.3 Å². The zero-order valence-corrected chi connectivity index (χ0v) is 19.3. The Labute approximate surface area is 185 Å². The van der Waals surface area contributed by atoms with Gasteiger partial charge in [0.2, 0.25) is 0 Å². The first-order chi connectivity index (χ1) is 13.8. The predicted octanol–water partition coefficient (Wildman–Crippen LogP) is 6.51. The Kier molecular flexibility index (Phi) is 7.98. The second-order valence-corrected chi connectivity index (χ2v) is 10.2. The number of benzene rings is 1. The monoisotopic (exact) mass is 433 g/mol. The first-order valence-electron chi connectivity index (χ1n) is 10.6. The minimum atomic E-state index is 0.235. The molecule has 0 bridgehead atoms. The molecule has 5 heteroatoms. The maximum absolute atomic E-state index is 6.25. The van der Waals surface area contributed by atoms with E-state index in [2.05, 4.69) is 54.2 Å². The molecule has 1 saturated heterocycles. The van der Waals surface area contributed by atoms with Crippen LogP contribution in [0, 0.1) is 5.41 Å². The summed E-state index contributed by atoms with van der Waals surface area (Å²) in [7, 11) is 0. The standard InChI is InChI=1S/C24H33Cl2N3/c1-24(2,3)17-28-23(22-9-4-6-12-27-22)15-19-8-5-7-13-29(19)16-18-10-11-20(25)21(26)14-18/h4,6,9-12,14,19,23,28H,5,7-8,13,15-17H2,1-3H3/t19-,23+/m0/s1. The van der Waals surface area contributed by atoms with Crippen molar-refractivity contribution in [2.45, 2.75) is 65.1 Å². The van der Waals surface area contributed by atoms with Crippen molar-refractivity contribution in [1.29, 1.82) is 0 Å². The normalized spacial score (nSPS) is 19.3. The highest BCUT2D eigenvalue weighted by molar-refractivity contribution is 6.42. The molecule has 2 atom stereocenters. The van der Waals surface area contributed by atoms with Crippen LogP contribution in [0.1, 0.15) is 63.8 Å². The number of likely N-dealkylation sites (tertiary alicyclic amines) is 1. The van der Waals surface area contributed by atoms with Crippen LogP contribution >= 0.6 is 23.2 Å². The van der Waals surface area contributed by atoms with E-state index >= 15 is 0 Å². The van der Waals surface area contributed by atoms with Crippen molar-refractivity contribution in [3.8, 4) is 0 Å². The van der Waals surface area contributed by atoms with Crippen LogP contribution in [0.25, 0.3) is 0 Å². The van der Waals surface area contributed by atoms with Crippen LogP contribution in [-0.4, -0.2) is 29.0 Å². The predicted molar refractivity (Wildman–Crippen MR) is 124 cm³/mol. The van der Waals surface area contributed by atoms with Gasteiger partial charge in [0.1, 0.15) is 0 Å². The summed E-state index contributed by atoms with van der Waals surface area (Å²) in [5.41, 5.74) is 2.60. The van der Waals surface area contributed by atoms with E-state index in [-0.39, 0.29) is 11.5 Å². The lowest BCUT2D eigenvalue weighted by molar-refractivity contribution is 0.120. The van der Waals surface area contributed by atoms with E-state index < -0.39 is 0 Å². The maximum atomic E-state index is 6.25. The highest BCUT2D eigenvalue weighted by Gasteiger charge is 2.27. The van der Waals surface area contributed by atoms with Crippen molar-refractivity contribution in [2.24, 2.45) is 5.41 Å². The van der Waals surface area contributed by atoms with Crippen molar-refractivity contribution in [2.75, 3.05) is 13.1 Å². The fraction of sp³-hybridized carbons (Fsp3) is 0.542. The molecule has 1 aromatic heterocycles. The molecule has 0 spiro atoms. The number of rotatable bonds is 7. The average Bonchev–Trinajstić information content (AvgIpc) is 2.69. The molecule has 1 N–H and O–H groups in total. The summed E-state index contributed by atoms with van der Waals surface area (Å²) in [6, 6.07) is 13.0. The summed E-state index contributed by atoms with van der Waals surface area (Å²) in [6.07, 6.45) is 6.73. The van der Waals surface area contributed by atoms with Gasteiger partial charge in [0.15, 0.2) is 0 Å². The van der Waals surface area contributed by atoms with Gasteiger partial charge in [-0.15, -0.1) is 0 Å². The summed E-state index contributed by atoms with van der Waals surface area (Å²) >= 11 is 12.3. The van der Waals surface area contributed by atoms with Crippen LogP contribution in [0.5, 0.6) is 0 Å². The molecule has 158 valence electrons. The van der Waals surface area contributed by atoms with Gasteiger partial charge in [-0.2, -0.15) is 0 Å². The quantitative estimate of drug-likeness (QED) is 0.538. The van der Waals surface area contributed by atoms with Gasteiger partial charge in [0.25, 0.3) is 0 Å². The molecule has 3 nitrogen and oxygen atoms in total. The van der Waals surface area contributed by atoms with Gasteiger partial charge in [-0.05, 0) is 61.1 Å². The number of halogens is 2. The molecule has 0 aliphatic carbocycles. The van der Waals surface area contributed by atoms with Crippen LogP contribution in [0.3, 0.4) is 0 Å². The summed E-state index contributed by atoms with van der Waals surface area (Å²) in [5.74, 6) is 0. The Morgan fingerprint density at radius 2 is 1.97 bits per heavy atom. The lowest BCUT2D eigenvalue weighted by atomic mass is 9.92. The second kappa shape index (κ2) is 10.3. The van der Waals surface area contributed by atoms with Crippen LogP contribution in [0.15, 0.2) is 42.6 Å². The second-order valence-electron chi connectivity index (χ2n) is 9.35. The number of aromatic nitrogens is 1. The Bertz CT molecular complexity index is 773. The van der Waals surface area contributed by atoms with Crippen LogP contribution in [0.2, 0.25) is 10.0 Å². The van der Waals surface area contributed by atoms with Crippen molar-refractivity contribution in [3.63, 3.8) is 0 Å². The number of pyridine rings is 1. The molecule has 2 aromatic rings. The maximum Gasteiger partial charge on any atom is 0.0595 e. The molecule has 1 aliphatic heterocycles. The van der Waals surface area contributed by atoms with Crippen LogP contribution in [0.4, 0.5) is 0 Å². The zero-order chi connectivity index (χ0) is 20.9. The van der Waals surface area contributed by atoms with Crippen molar-refractivity contribution in [3.05, 3.63) is 63.9 Å². The molecule has 2 heterocycles. The molecule has 1 aliphatic rings. The highest BCUT2D eigenvalue weighted by atomic mass is 35.5. The first-order valence-corrected chi connectivity index (χ1v) is 11.4. The topological polar surface area (TPSA) is 28.2 Å². The molecule has 3 rings (SSSR count). The molecular weight excluding hydrogens is 401 g/mol. The van der Waals surface area contributed by atoms with E-state index in [0.29, 0.717) is 16.1 Å². The third kappa shape index (κ3) is 6.96. The Morgan fingerprint density at radius 1 is 1.14 bits per heavy atom. The van der Waals surface area contributed by atoms with E-state index in [1.807, 2.05) is 24.4 Å². The highest BCUT2D eigenvalue weighted by Crippen LogP contribution is 2.30.